The maximum atomic E-state index is 11.5. The van der Waals surface area contributed by atoms with E-state index in [1.807, 2.05) is 19.1 Å². The molecule has 0 aliphatic rings. The van der Waals surface area contributed by atoms with Gasteiger partial charge in [-0.05, 0) is 60.5 Å². The summed E-state index contributed by atoms with van der Waals surface area (Å²) in [5.41, 5.74) is 5.08. The van der Waals surface area contributed by atoms with E-state index in [-0.39, 0.29) is 41.4 Å². The number of aryl methyl sites for hydroxylation is 2. The molecule has 5 heteroatoms. The molecule has 3 N–H and O–H groups in total. The lowest BCUT2D eigenvalue weighted by Crippen LogP contribution is -2.18. The summed E-state index contributed by atoms with van der Waals surface area (Å²) < 4.78 is 0. The van der Waals surface area contributed by atoms with Crippen molar-refractivity contribution >= 4 is 0 Å². The van der Waals surface area contributed by atoms with E-state index in [4.69, 9.17) is 0 Å². The van der Waals surface area contributed by atoms with E-state index in [9.17, 15) is 20.2 Å². The number of hydrogen-bond donors (Lipinski definition) is 3. The molecule has 0 amide bonds. The molecule has 2 aromatic carbocycles. The molecule has 0 aliphatic carbocycles. The zero-order chi connectivity index (χ0) is 26.4. The average Bonchev–Trinajstić information content (AvgIpc) is 2.83. The quantitative estimate of drug-likeness (QED) is 0.207. The maximum Gasteiger partial charge on any atom is 0.123 e. The van der Waals surface area contributed by atoms with E-state index in [1.54, 1.807) is 0 Å². The number of aliphatic hydroxyl groups is 1. The lowest BCUT2D eigenvalue weighted by molar-refractivity contribution is 0.288. The average molecular weight is 484 g/mol. The van der Waals surface area contributed by atoms with Crippen LogP contribution in [0.1, 0.15) is 113 Å². The minimum atomic E-state index is -0.244. The summed E-state index contributed by atoms with van der Waals surface area (Å²) in [5.74, 6) is 0.312. The first-order valence-corrected chi connectivity index (χ1v) is 13.1. The Morgan fingerprint density at radius 3 is 1.60 bits per heavy atom. The second-order valence-electron chi connectivity index (χ2n) is 11.1. The molecule has 194 valence electrons. The number of nitroso groups, excluding NO2 is 1. The van der Waals surface area contributed by atoms with Crippen LogP contribution in [0, 0.1) is 4.91 Å². The van der Waals surface area contributed by atoms with E-state index in [1.165, 1.54) is 0 Å². The van der Waals surface area contributed by atoms with Crippen LogP contribution in [0.25, 0.3) is 0 Å². The Bertz CT molecular complexity index is 1010. The topological polar surface area (TPSA) is 90.1 Å². The van der Waals surface area contributed by atoms with Crippen LogP contribution >= 0.6 is 0 Å². The van der Waals surface area contributed by atoms with Gasteiger partial charge in [-0.3, -0.25) is 0 Å². The minimum absolute atomic E-state index is 0.117. The van der Waals surface area contributed by atoms with Crippen LogP contribution in [0.2, 0.25) is 0 Å². The fourth-order valence-corrected chi connectivity index (χ4v) is 4.60. The fourth-order valence-electron chi connectivity index (χ4n) is 4.60. The molecular formula is C30H45NO4. The number of aliphatic hydroxyl groups excluding tert-OH is 1. The van der Waals surface area contributed by atoms with Gasteiger partial charge in [-0.25, -0.2) is 0 Å². The van der Waals surface area contributed by atoms with Crippen molar-refractivity contribution in [2.24, 2.45) is 5.18 Å². The van der Waals surface area contributed by atoms with Crippen LogP contribution in [0.3, 0.4) is 0 Å². The van der Waals surface area contributed by atoms with E-state index in [2.05, 4.69) is 58.9 Å². The number of rotatable bonds is 13. The summed E-state index contributed by atoms with van der Waals surface area (Å²) in [5, 5.41) is 35.3. The SMILES string of the molecule is CCC(C)(C)c1cc(CCCO)cc(C(C)c2cc(CCCN=O)cc(C(C)(C)CC)c2O)c1O. The van der Waals surface area contributed by atoms with Gasteiger partial charge >= 0.3 is 0 Å². The minimum Gasteiger partial charge on any atom is -0.507 e. The number of benzene rings is 2. The standard InChI is InChI=1S/C30H45NO4/c1-8-29(4,5)25-18-21(12-10-14-31-35)16-23(27(25)33)20(3)24-17-22(13-11-15-32)19-26(28(24)34)30(6,7)9-2/h16-20,32-34H,8-15H2,1-7H3. The van der Waals surface area contributed by atoms with Crippen LogP contribution < -0.4 is 0 Å². The van der Waals surface area contributed by atoms with Gasteiger partial charge in [0.2, 0.25) is 0 Å². The Hall–Kier alpha value is -2.40. The van der Waals surface area contributed by atoms with Crippen LogP contribution in [0.15, 0.2) is 29.4 Å². The molecule has 35 heavy (non-hydrogen) atoms. The predicted molar refractivity (Wildman–Crippen MR) is 145 cm³/mol. The van der Waals surface area contributed by atoms with E-state index in [0.29, 0.717) is 19.3 Å². The molecule has 2 aromatic rings. The predicted octanol–water partition coefficient (Wildman–Crippen LogP) is 7.25. The fraction of sp³-hybridized carbons (Fsp3) is 0.600. The molecule has 0 aliphatic heterocycles. The van der Waals surface area contributed by atoms with Gasteiger partial charge in [-0.2, -0.15) is 4.91 Å². The van der Waals surface area contributed by atoms with Gasteiger partial charge < -0.3 is 15.3 Å². The van der Waals surface area contributed by atoms with Crippen LogP contribution in [0.4, 0.5) is 0 Å². The number of phenolic OH excluding ortho intramolecular Hbond substituents is 2. The highest BCUT2D eigenvalue weighted by Crippen LogP contribution is 2.45. The summed E-state index contributed by atoms with van der Waals surface area (Å²) in [6.45, 7) is 15.2. The molecule has 0 fully saturated rings. The molecule has 0 bridgehead atoms. The Morgan fingerprint density at radius 1 is 0.800 bits per heavy atom. The lowest BCUT2D eigenvalue weighted by atomic mass is 9.75. The lowest BCUT2D eigenvalue weighted by Gasteiger charge is -2.30. The van der Waals surface area contributed by atoms with E-state index < -0.39 is 0 Å². The Labute approximate surface area is 211 Å². The highest BCUT2D eigenvalue weighted by atomic mass is 16.3. The van der Waals surface area contributed by atoms with Crippen molar-refractivity contribution in [3.8, 4) is 11.5 Å². The molecule has 5 nitrogen and oxygen atoms in total. The van der Waals surface area contributed by atoms with Crippen LogP contribution in [-0.4, -0.2) is 28.5 Å². The normalized spacial score (nSPS) is 13.1. The maximum absolute atomic E-state index is 11.5. The molecule has 2 rings (SSSR count). The number of hydrogen-bond acceptors (Lipinski definition) is 5. The van der Waals surface area contributed by atoms with Crippen LogP contribution in [0.5, 0.6) is 11.5 Å². The zero-order valence-corrected chi connectivity index (χ0v) is 22.7. The smallest absolute Gasteiger partial charge is 0.123 e. The first kappa shape index (κ1) is 28.8. The summed E-state index contributed by atoms with van der Waals surface area (Å²) in [7, 11) is 0. The number of phenols is 2. The second-order valence-corrected chi connectivity index (χ2v) is 11.1. The molecule has 0 saturated heterocycles. The van der Waals surface area contributed by atoms with Crippen molar-refractivity contribution in [1.29, 1.82) is 0 Å². The second kappa shape index (κ2) is 12.0. The monoisotopic (exact) mass is 483 g/mol. The molecular weight excluding hydrogens is 438 g/mol. The zero-order valence-electron chi connectivity index (χ0n) is 22.7. The molecule has 1 unspecified atom stereocenters. The Kier molecular flexibility index (Phi) is 9.91. The van der Waals surface area contributed by atoms with Crippen molar-refractivity contribution in [2.45, 2.75) is 104 Å². The van der Waals surface area contributed by atoms with E-state index in [0.717, 1.165) is 52.6 Å². The van der Waals surface area contributed by atoms with Gasteiger partial charge in [0, 0.05) is 34.8 Å². The Balaban J connectivity index is 2.73. The summed E-state index contributed by atoms with van der Waals surface area (Å²) in [6, 6.07) is 8.17. The number of aromatic hydroxyl groups is 2. The van der Waals surface area contributed by atoms with Gasteiger partial charge in [-0.15, -0.1) is 0 Å². The molecule has 1 atom stereocenters. The molecule has 0 heterocycles. The van der Waals surface area contributed by atoms with Gasteiger partial charge in [-0.1, -0.05) is 77.9 Å². The third-order valence-corrected chi connectivity index (χ3v) is 7.90. The Morgan fingerprint density at radius 2 is 1.23 bits per heavy atom. The summed E-state index contributed by atoms with van der Waals surface area (Å²) in [4.78, 5) is 10.6. The third kappa shape index (κ3) is 6.63. The van der Waals surface area contributed by atoms with Crippen LogP contribution in [-0.2, 0) is 23.7 Å². The highest BCUT2D eigenvalue weighted by Gasteiger charge is 2.30. The largest absolute Gasteiger partial charge is 0.507 e. The van der Waals surface area contributed by atoms with Gasteiger partial charge in [0.15, 0.2) is 0 Å². The molecule has 0 radical (unpaired) electrons. The van der Waals surface area contributed by atoms with Crippen molar-refractivity contribution in [3.63, 3.8) is 0 Å². The summed E-state index contributed by atoms with van der Waals surface area (Å²) in [6.07, 6.45) is 4.48. The molecule has 0 saturated carbocycles. The van der Waals surface area contributed by atoms with Gasteiger partial charge in [0.05, 0.1) is 6.54 Å². The van der Waals surface area contributed by atoms with Gasteiger partial charge in [0.1, 0.15) is 11.5 Å². The first-order valence-electron chi connectivity index (χ1n) is 13.1. The van der Waals surface area contributed by atoms with Crippen molar-refractivity contribution in [1.82, 2.24) is 0 Å². The van der Waals surface area contributed by atoms with Crippen molar-refractivity contribution < 1.29 is 15.3 Å². The third-order valence-electron chi connectivity index (χ3n) is 7.90. The van der Waals surface area contributed by atoms with Crippen molar-refractivity contribution in [2.75, 3.05) is 13.2 Å². The number of nitrogens with zero attached hydrogens (tertiary/aromatic N) is 1. The summed E-state index contributed by atoms with van der Waals surface area (Å²) >= 11 is 0. The van der Waals surface area contributed by atoms with Gasteiger partial charge in [0.25, 0.3) is 0 Å². The highest BCUT2D eigenvalue weighted by molar-refractivity contribution is 5.56. The van der Waals surface area contributed by atoms with Crippen molar-refractivity contribution in [3.05, 3.63) is 62.6 Å². The molecule has 0 spiro atoms. The molecule has 0 aromatic heterocycles. The van der Waals surface area contributed by atoms with E-state index >= 15 is 0 Å². The first-order chi connectivity index (χ1) is 16.4.